The van der Waals surface area contributed by atoms with Gasteiger partial charge in [-0.05, 0) is 25.0 Å². The van der Waals surface area contributed by atoms with Crippen LogP contribution in [-0.4, -0.2) is 47.2 Å². The molecular weight excluding hydrogens is 361 g/mol. The molecule has 3 rings (SSSR count). The number of hydrogen-bond acceptors (Lipinski definition) is 5. The van der Waals surface area contributed by atoms with E-state index in [4.69, 9.17) is 0 Å². The molecule has 1 saturated heterocycles. The summed E-state index contributed by atoms with van der Waals surface area (Å²) in [5, 5.41) is 8.06. The van der Waals surface area contributed by atoms with Crippen LogP contribution in [0.3, 0.4) is 0 Å². The number of alkyl halides is 3. The monoisotopic (exact) mass is 376 g/mol. The van der Waals surface area contributed by atoms with E-state index in [0.29, 0.717) is 12.8 Å². The zero-order chi connectivity index (χ0) is 18.1. The third-order valence-electron chi connectivity index (χ3n) is 3.88. The summed E-state index contributed by atoms with van der Waals surface area (Å²) in [5.74, 6) is -0.731. The maximum absolute atomic E-state index is 12.7. The molecule has 0 atom stereocenters. The van der Waals surface area contributed by atoms with Crippen LogP contribution in [0.1, 0.15) is 18.9 Å². The van der Waals surface area contributed by atoms with E-state index in [1.165, 1.54) is 29.3 Å². The average molecular weight is 376 g/mol. The number of piperidine rings is 1. The van der Waals surface area contributed by atoms with Gasteiger partial charge in [-0.15, -0.1) is 13.2 Å². The lowest BCUT2D eigenvalue weighted by atomic mass is 10.1. The Bertz CT molecular complexity index is 816. The SMILES string of the molecule is O=S(=O)(c1ccccc1OC(F)(F)F)N1CCC(n2nccn2)CC1. The first-order chi connectivity index (χ1) is 11.8. The van der Waals surface area contributed by atoms with Crippen molar-refractivity contribution in [3.63, 3.8) is 0 Å². The number of benzene rings is 1. The number of halogens is 3. The number of nitrogens with zero attached hydrogens (tertiary/aromatic N) is 4. The molecule has 1 aromatic carbocycles. The molecule has 25 heavy (non-hydrogen) atoms. The van der Waals surface area contributed by atoms with Gasteiger partial charge in [0.25, 0.3) is 0 Å². The number of para-hydroxylation sites is 1. The Morgan fingerprint density at radius 2 is 1.68 bits per heavy atom. The molecule has 0 aliphatic carbocycles. The third kappa shape index (κ3) is 3.93. The van der Waals surface area contributed by atoms with Gasteiger partial charge in [0.15, 0.2) is 0 Å². The standard InChI is InChI=1S/C14H15F3N4O3S/c15-14(16,17)24-12-3-1-2-4-13(12)25(22,23)20-9-5-11(6-10-20)21-18-7-8-19-21/h1-4,7-8,11H,5-6,9-10H2. The Morgan fingerprint density at radius 3 is 2.28 bits per heavy atom. The van der Waals surface area contributed by atoms with Gasteiger partial charge in [0.1, 0.15) is 10.6 Å². The van der Waals surface area contributed by atoms with E-state index in [1.807, 2.05) is 0 Å². The number of ether oxygens (including phenoxy) is 1. The Kier molecular flexibility index (Phi) is 4.69. The minimum absolute atomic E-state index is 0.0388. The fraction of sp³-hybridized carbons (Fsp3) is 0.429. The van der Waals surface area contributed by atoms with Crippen LogP contribution in [0.5, 0.6) is 5.75 Å². The molecule has 0 radical (unpaired) electrons. The van der Waals surface area contributed by atoms with Gasteiger partial charge in [0.2, 0.25) is 10.0 Å². The minimum atomic E-state index is -4.97. The molecular formula is C14H15F3N4O3S. The quantitative estimate of drug-likeness (QED) is 0.818. The van der Waals surface area contributed by atoms with Crippen molar-refractivity contribution in [2.45, 2.75) is 30.1 Å². The number of aromatic nitrogens is 3. The topological polar surface area (TPSA) is 77.3 Å². The number of hydrogen-bond donors (Lipinski definition) is 0. The highest BCUT2D eigenvalue weighted by Crippen LogP contribution is 2.33. The summed E-state index contributed by atoms with van der Waals surface area (Å²) in [7, 11) is -4.10. The second-order valence-electron chi connectivity index (χ2n) is 5.48. The van der Waals surface area contributed by atoms with Gasteiger partial charge >= 0.3 is 6.36 Å². The van der Waals surface area contributed by atoms with Crippen molar-refractivity contribution in [3.05, 3.63) is 36.7 Å². The van der Waals surface area contributed by atoms with E-state index in [9.17, 15) is 21.6 Å². The molecule has 136 valence electrons. The molecule has 1 aliphatic rings. The van der Waals surface area contributed by atoms with Gasteiger partial charge in [-0.3, -0.25) is 0 Å². The molecule has 2 heterocycles. The van der Waals surface area contributed by atoms with Gasteiger partial charge in [0, 0.05) is 13.1 Å². The second-order valence-corrected chi connectivity index (χ2v) is 7.39. The molecule has 1 aromatic heterocycles. The van der Waals surface area contributed by atoms with Gasteiger partial charge in [-0.1, -0.05) is 12.1 Å². The fourth-order valence-electron chi connectivity index (χ4n) is 2.74. The van der Waals surface area contributed by atoms with Crippen LogP contribution in [0, 0.1) is 0 Å². The van der Waals surface area contributed by atoms with E-state index in [1.54, 1.807) is 0 Å². The molecule has 0 amide bonds. The highest BCUT2D eigenvalue weighted by atomic mass is 32.2. The lowest BCUT2D eigenvalue weighted by Crippen LogP contribution is -2.39. The summed E-state index contributed by atoms with van der Waals surface area (Å²) >= 11 is 0. The molecule has 1 fully saturated rings. The molecule has 11 heteroatoms. The molecule has 1 aliphatic heterocycles. The first-order valence-electron chi connectivity index (χ1n) is 7.48. The summed E-state index contributed by atoms with van der Waals surface area (Å²) in [4.78, 5) is 1.02. The van der Waals surface area contributed by atoms with Crippen molar-refractivity contribution in [1.82, 2.24) is 19.3 Å². The van der Waals surface area contributed by atoms with Gasteiger partial charge in [-0.2, -0.15) is 19.3 Å². The molecule has 7 nitrogen and oxygen atoms in total. The van der Waals surface area contributed by atoms with E-state index in [-0.39, 0.29) is 19.1 Å². The van der Waals surface area contributed by atoms with Crippen molar-refractivity contribution in [3.8, 4) is 5.75 Å². The number of sulfonamides is 1. The van der Waals surface area contributed by atoms with Crippen LogP contribution >= 0.6 is 0 Å². The Labute approximate surface area is 142 Å². The number of rotatable bonds is 4. The van der Waals surface area contributed by atoms with Crippen LogP contribution in [-0.2, 0) is 10.0 Å². The van der Waals surface area contributed by atoms with Gasteiger partial charge in [0.05, 0.1) is 18.4 Å². The lowest BCUT2D eigenvalue weighted by Gasteiger charge is -2.31. The van der Waals surface area contributed by atoms with Crippen molar-refractivity contribution in [2.24, 2.45) is 0 Å². The van der Waals surface area contributed by atoms with E-state index in [0.717, 1.165) is 16.4 Å². The predicted molar refractivity (Wildman–Crippen MR) is 80.2 cm³/mol. The van der Waals surface area contributed by atoms with E-state index >= 15 is 0 Å². The average Bonchev–Trinajstić information content (AvgIpc) is 3.08. The Morgan fingerprint density at radius 1 is 1.08 bits per heavy atom. The van der Waals surface area contributed by atoms with E-state index in [2.05, 4.69) is 14.9 Å². The highest BCUT2D eigenvalue weighted by molar-refractivity contribution is 7.89. The molecule has 0 bridgehead atoms. The van der Waals surface area contributed by atoms with Crippen LogP contribution in [0.15, 0.2) is 41.6 Å². The maximum Gasteiger partial charge on any atom is 0.573 e. The van der Waals surface area contributed by atoms with Crippen LogP contribution in [0.4, 0.5) is 13.2 Å². The predicted octanol–water partition coefficient (Wildman–Crippen LogP) is 2.20. The highest BCUT2D eigenvalue weighted by Gasteiger charge is 2.36. The zero-order valence-corrected chi connectivity index (χ0v) is 13.7. The van der Waals surface area contributed by atoms with Crippen LogP contribution < -0.4 is 4.74 Å². The van der Waals surface area contributed by atoms with Crippen molar-refractivity contribution in [1.29, 1.82) is 0 Å². The van der Waals surface area contributed by atoms with Gasteiger partial charge in [-0.25, -0.2) is 8.42 Å². The second kappa shape index (κ2) is 6.64. The maximum atomic E-state index is 12.7. The van der Waals surface area contributed by atoms with E-state index < -0.39 is 27.0 Å². The summed E-state index contributed by atoms with van der Waals surface area (Å²) in [6.07, 6.45) is -0.960. The molecule has 0 unspecified atom stereocenters. The van der Waals surface area contributed by atoms with Crippen molar-refractivity contribution < 1.29 is 26.3 Å². The fourth-order valence-corrected chi connectivity index (χ4v) is 4.32. The first kappa shape index (κ1) is 17.7. The zero-order valence-electron chi connectivity index (χ0n) is 12.9. The van der Waals surface area contributed by atoms with Crippen LogP contribution in [0.25, 0.3) is 0 Å². The minimum Gasteiger partial charge on any atom is -0.404 e. The molecule has 0 saturated carbocycles. The lowest BCUT2D eigenvalue weighted by molar-refractivity contribution is -0.275. The third-order valence-corrected chi connectivity index (χ3v) is 5.82. The molecule has 0 spiro atoms. The summed E-state index contributed by atoms with van der Waals surface area (Å²) < 4.78 is 68.0. The van der Waals surface area contributed by atoms with Crippen molar-refractivity contribution in [2.75, 3.05) is 13.1 Å². The molecule has 2 aromatic rings. The normalized spacial score (nSPS) is 17.6. The largest absolute Gasteiger partial charge is 0.573 e. The Balaban J connectivity index is 1.79. The van der Waals surface area contributed by atoms with Crippen LogP contribution in [0.2, 0.25) is 0 Å². The smallest absolute Gasteiger partial charge is 0.404 e. The van der Waals surface area contributed by atoms with Gasteiger partial charge < -0.3 is 4.74 Å². The summed E-state index contributed by atoms with van der Waals surface area (Å²) in [5.41, 5.74) is 0. The first-order valence-corrected chi connectivity index (χ1v) is 8.92. The summed E-state index contributed by atoms with van der Waals surface area (Å²) in [6.45, 7) is 0.323. The Hall–Kier alpha value is -2.14. The molecule has 0 N–H and O–H groups in total. The summed E-state index contributed by atoms with van der Waals surface area (Å²) in [6, 6.07) is 4.70. The van der Waals surface area contributed by atoms with Crippen molar-refractivity contribution >= 4 is 10.0 Å².